The Balaban J connectivity index is 2.24. The fraction of sp³-hybridized carbons (Fsp3) is 0.688. The molecule has 1 fully saturated rings. The van der Waals surface area contributed by atoms with Gasteiger partial charge in [-0.2, -0.15) is 0 Å². The second kappa shape index (κ2) is 9.97. The largest absolute Gasteiger partial charge is 0.463 e. The second-order valence-electron chi connectivity index (χ2n) is 5.46. The highest BCUT2D eigenvalue weighted by Gasteiger charge is 2.22. The molecule has 0 radical (unpaired) electrons. The summed E-state index contributed by atoms with van der Waals surface area (Å²) >= 11 is 0. The quantitative estimate of drug-likeness (QED) is 0.572. The number of hydrogen-bond acceptors (Lipinski definition) is 5. The maximum absolute atomic E-state index is 12.0. The van der Waals surface area contributed by atoms with Crippen LogP contribution in [0.4, 0.5) is 0 Å². The fourth-order valence-electron chi connectivity index (χ4n) is 2.35. The van der Waals surface area contributed by atoms with Gasteiger partial charge >= 0.3 is 11.9 Å². The Bertz CT molecular complexity index is 413. The molecule has 0 spiro atoms. The summed E-state index contributed by atoms with van der Waals surface area (Å²) in [5.74, 6) is -1.11. The van der Waals surface area contributed by atoms with Crippen molar-refractivity contribution in [3.05, 3.63) is 12.2 Å². The molecule has 1 saturated carbocycles. The van der Waals surface area contributed by atoms with Crippen LogP contribution in [0.25, 0.3) is 0 Å². The van der Waals surface area contributed by atoms with Crippen molar-refractivity contribution in [3.63, 3.8) is 0 Å². The van der Waals surface area contributed by atoms with Gasteiger partial charge in [0.25, 0.3) is 0 Å². The number of ether oxygens (including phenoxy) is 2. The zero-order valence-corrected chi connectivity index (χ0v) is 13.3. The normalized spacial score (nSPS) is 17.0. The zero-order chi connectivity index (χ0) is 16.4. The smallest absolute Gasteiger partial charge is 0.331 e. The number of rotatable bonds is 7. The molecule has 6 heteroatoms. The summed E-state index contributed by atoms with van der Waals surface area (Å²) in [5, 5.41) is 2.86. The molecule has 0 heterocycles. The summed E-state index contributed by atoms with van der Waals surface area (Å²) in [6, 6.07) is -0.255. The summed E-state index contributed by atoms with van der Waals surface area (Å²) in [7, 11) is 0. The lowest BCUT2D eigenvalue weighted by atomic mass is 9.88. The van der Waals surface area contributed by atoms with Gasteiger partial charge in [-0.05, 0) is 26.7 Å². The average molecular weight is 311 g/mol. The highest BCUT2D eigenvalue weighted by Crippen LogP contribution is 2.23. The van der Waals surface area contributed by atoms with E-state index in [0.29, 0.717) is 0 Å². The van der Waals surface area contributed by atoms with Crippen molar-refractivity contribution in [1.29, 1.82) is 0 Å². The van der Waals surface area contributed by atoms with Crippen molar-refractivity contribution in [2.24, 2.45) is 5.92 Å². The summed E-state index contributed by atoms with van der Waals surface area (Å²) in [6.45, 7) is 3.79. The van der Waals surface area contributed by atoms with Gasteiger partial charge in [0.15, 0.2) is 0 Å². The van der Waals surface area contributed by atoms with E-state index in [0.717, 1.165) is 37.8 Å². The van der Waals surface area contributed by atoms with Crippen molar-refractivity contribution < 1.29 is 23.9 Å². The van der Waals surface area contributed by atoms with E-state index >= 15 is 0 Å². The van der Waals surface area contributed by atoms with Crippen LogP contribution in [-0.2, 0) is 23.9 Å². The molecule has 22 heavy (non-hydrogen) atoms. The van der Waals surface area contributed by atoms with Gasteiger partial charge in [0, 0.05) is 18.1 Å². The third-order valence-corrected chi connectivity index (χ3v) is 3.48. The minimum atomic E-state index is -0.633. The number of carbonyl (C=O) groups is 3. The molecule has 0 aromatic carbocycles. The zero-order valence-electron chi connectivity index (χ0n) is 13.3. The van der Waals surface area contributed by atoms with Crippen LogP contribution in [0, 0.1) is 5.92 Å². The van der Waals surface area contributed by atoms with Crippen molar-refractivity contribution in [2.45, 2.75) is 52.0 Å². The van der Waals surface area contributed by atoms with Gasteiger partial charge < -0.3 is 14.8 Å². The Labute approximate surface area is 131 Å². The Morgan fingerprint density at radius 1 is 1.09 bits per heavy atom. The molecule has 6 nitrogen and oxygen atoms in total. The fourth-order valence-corrected chi connectivity index (χ4v) is 2.35. The summed E-state index contributed by atoms with van der Waals surface area (Å²) in [5.41, 5.74) is 0. The molecule has 0 bridgehead atoms. The van der Waals surface area contributed by atoms with E-state index in [1.807, 2.05) is 0 Å². The average Bonchev–Trinajstić information content (AvgIpc) is 2.52. The molecule has 1 N–H and O–H groups in total. The minimum Gasteiger partial charge on any atom is -0.463 e. The molecule has 1 aliphatic rings. The minimum absolute atomic E-state index is 0.0327. The first-order valence-corrected chi connectivity index (χ1v) is 7.85. The first-order chi connectivity index (χ1) is 10.5. The third kappa shape index (κ3) is 7.24. The molecule has 0 saturated heterocycles. The summed E-state index contributed by atoms with van der Waals surface area (Å²) < 4.78 is 9.62. The lowest BCUT2D eigenvalue weighted by Crippen LogP contribution is -2.40. The predicted octanol–water partition coefficient (Wildman–Crippen LogP) is 1.73. The van der Waals surface area contributed by atoms with Crippen LogP contribution in [0.1, 0.15) is 46.0 Å². The number of amides is 1. The lowest BCUT2D eigenvalue weighted by Gasteiger charge is -2.23. The van der Waals surface area contributed by atoms with Crippen LogP contribution in [-0.4, -0.2) is 37.1 Å². The number of nitrogens with one attached hydrogen (secondary N) is 1. The van der Waals surface area contributed by atoms with Crippen molar-refractivity contribution in [3.8, 4) is 0 Å². The second-order valence-corrected chi connectivity index (χ2v) is 5.46. The van der Waals surface area contributed by atoms with Crippen molar-refractivity contribution >= 4 is 17.8 Å². The molecule has 1 amide bonds. The van der Waals surface area contributed by atoms with Crippen LogP contribution in [0.15, 0.2) is 12.2 Å². The standard InChI is InChI=1S/C16H25NO5/c1-3-21-14(18)9-10-15(19)22-11-12(2)17-16(20)13-7-5-4-6-8-13/h9-10,12-13H,3-8,11H2,1-2H3,(H,17,20)/b10-9+. The van der Waals surface area contributed by atoms with Gasteiger partial charge in [0.05, 0.1) is 12.6 Å². The molecule has 0 aromatic heterocycles. The molecule has 1 atom stereocenters. The van der Waals surface area contributed by atoms with Gasteiger partial charge in [-0.1, -0.05) is 19.3 Å². The van der Waals surface area contributed by atoms with Crippen LogP contribution in [0.3, 0.4) is 0 Å². The maximum Gasteiger partial charge on any atom is 0.331 e. The van der Waals surface area contributed by atoms with Gasteiger partial charge in [-0.3, -0.25) is 4.79 Å². The highest BCUT2D eigenvalue weighted by molar-refractivity contribution is 5.91. The Hall–Kier alpha value is -1.85. The molecular weight excluding hydrogens is 286 g/mol. The summed E-state index contributed by atoms with van der Waals surface area (Å²) in [6.07, 6.45) is 7.30. The van der Waals surface area contributed by atoms with E-state index in [1.54, 1.807) is 13.8 Å². The molecule has 1 unspecified atom stereocenters. The Morgan fingerprint density at radius 3 is 2.27 bits per heavy atom. The number of esters is 2. The third-order valence-electron chi connectivity index (χ3n) is 3.48. The van der Waals surface area contributed by atoms with E-state index in [1.165, 1.54) is 6.42 Å². The van der Waals surface area contributed by atoms with Crippen LogP contribution in [0.2, 0.25) is 0 Å². The molecular formula is C16H25NO5. The van der Waals surface area contributed by atoms with E-state index < -0.39 is 11.9 Å². The topological polar surface area (TPSA) is 81.7 Å². The van der Waals surface area contributed by atoms with Gasteiger partial charge in [-0.15, -0.1) is 0 Å². The van der Waals surface area contributed by atoms with E-state index in [2.05, 4.69) is 10.1 Å². The van der Waals surface area contributed by atoms with Crippen LogP contribution >= 0.6 is 0 Å². The van der Waals surface area contributed by atoms with Crippen LogP contribution in [0.5, 0.6) is 0 Å². The summed E-state index contributed by atoms with van der Waals surface area (Å²) in [4.78, 5) is 34.5. The van der Waals surface area contributed by atoms with Crippen molar-refractivity contribution in [1.82, 2.24) is 5.32 Å². The molecule has 124 valence electrons. The molecule has 1 rings (SSSR count). The predicted molar refractivity (Wildman–Crippen MR) is 80.9 cm³/mol. The maximum atomic E-state index is 12.0. The molecule has 0 aromatic rings. The van der Waals surface area contributed by atoms with Crippen molar-refractivity contribution in [2.75, 3.05) is 13.2 Å². The van der Waals surface area contributed by atoms with Crippen LogP contribution < -0.4 is 5.32 Å². The number of carbonyl (C=O) groups excluding carboxylic acids is 3. The lowest BCUT2D eigenvalue weighted by molar-refractivity contribution is -0.141. The SMILES string of the molecule is CCOC(=O)/C=C/C(=O)OCC(C)NC(=O)C1CCCCC1. The Kier molecular flexibility index (Phi) is 8.25. The van der Waals surface area contributed by atoms with E-state index in [-0.39, 0.29) is 31.1 Å². The molecule has 1 aliphatic carbocycles. The van der Waals surface area contributed by atoms with Gasteiger partial charge in [-0.25, -0.2) is 9.59 Å². The Morgan fingerprint density at radius 2 is 1.68 bits per heavy atom. The van der Waals surface area contributed by atoms with Gasteiger partial charge in [0.1, 0.15) is 6.61 Å². The van der Waals surface area contributed by atoms with E-state index in [9.17, 15) is 14.4 Å². The van der Waals surface area contributed by atoms with E-state index in [4.69, 9.17) is 4.74 Å². The first-order valence-electron chi connectivity index (χ1n) is 7.85. The number of hydrogen-bond donors (Lipinski definition) is 1. The monoisotopic (exact) mass is 311 g/mol. The first kappa shape index (κ1) is 18.2. The highest BCUT2D eigenvalue weighted by atomic mass is 16.5. The van der Waals surface area contributed by atoms with Gasteiger partial charge in [0.2, 0.25) is 5.91 Å². The molecule has 0 aliphatic heterocycles.